The molecule has 0 aliphatic heterocycles. The first-order chi connectivity index (χ1) is 6.29. The number of hydrogen-bond donors (Lipinski definition) is 0. The number of thiophene rings is 1. The van der Waals surface area contributed by atoms with Crippen molar-refractivity contribution in [2.45, 2.75) is 26.2 Å². The fourth-order valence-electron chi connectivity index (χ4n) is 2.16. The molecule has 1 rings (SSSR count). The van der Waals surface area contributed by atoms with Crippen molar-refractivity contribution < 1.29 is 4.48 Å². The molecule has 0 unspecified atom stereocenters. The molecule has 1 heterocycles. The maximum absolute atomic E-state index is 2.45. The lowest BCUT2D eigenvalue weighted by Gasteiger charge is -2.34. The molecule has 1 aromatic rings. The van der Waals surface area contributed by atoms with Crippen LogP contribution in [0.5, 0.6) is 0 Å². The Morgan fingerprint density at radius 1 is 1.29 bits per heavy atom. The second kappa shape index (κ2) is 4.17. The predicted molar refractivity (Wildman–Crippen MR) is 68.3 cm³/mol. The number of quaternary nitrogens is 1. The standard InChI is InChI=1S/C11H22NSSi/c1-12(2,10-14(3,4)5)9-11-7-6-8-13-11/h6-8H,9-10H2,1-5H3/q+1. The molecule has 0 amide bonds. The van der Waals surface area contributed by atoms with Gasteiger partial charge in [0.1, 0.15) is 14.6 Å². The molecule has 0 saturated carbocycles. The van der Waals surface area contributed by atoms with Crippen LogP contribution in [0.3, 0.4) is 0 Å². The van der Waals surface area contributed by atoms with Crippen LogP contribution in [0.15, 0.2) is 17.5 Å². The van der Waals surface area contributed by atoms with Gasteiger partial charge >= 0.3 is 0 Å². The van der Waals surface area contributed by atoms with E-state index in [9.17, 15) is 0 Å². The van der Waals surface area contributed by atoms with Crippen LogP contribution in [0.4, 0.5) is 0 Å². The molecule has 1 aromatic heterocycles. The second-order valence-corrected chi connectivity index (χ2v) is 12.4. The Morgan fingerprint density at radius 3 is 2.36 bits per heavy atom. The van der Waals surface area contributed by atoms with Gasteiger partial charge in [0.25, 0.3) is 0 Å². The average molecular weight is 228 g/mol. The van der Waals surface area contributed by atoms with Crippen LogP contribution in [-0.4, -0.2) is 32.8 Å². The molecule has 80 valence electrons. The molecule has 0 spiro atoms. The SMILES string of the molecule is C[N+](C)(Cc1cccs1)C[Si](C)(C)C. The Labute approximate surface area is 93.0 Å². The monoisotopic (exact) mass is 228 g/mol. The zero-order valence-electron chi connectivity index (χ0n) is 10.0. The molecule has 0 N–H and O–H groups in total. The van der Waals surface area contributed by atoms with Crippen molar-refractivity contribution in [2.24, 2.45) is 0 Å². The lowest BCUT2D eigenvalue weighted by Crippen LogP contribution is -2.49. The van der Waals surface area contributed by atoms with Gasteiger partial charge in [0.2, 0.25) is 0 Å². The van der Waals surface area contributed by atoms with E-state index in [1.807, 2.05) is 11.3 Å². The lowest BCUT2D eigenvalue weighted by atomic mass is 10.4. The minimum absolute atomic E-state index is 0.949. The Balaban J connectivity index is 2.58. The van der Waals surface area contributed by atoms with E-state index < -0.39 is 8.07 Å². The van der Waals surface area contributed by atoms with Gasteiger partial charge in [-0.1, -0.05) is 25.7 Å². The molecule has 0 aliphatic rings. The van der Waals surface area contributed by atoms with Crippen LogP contribution in [0.25, 0.3) is 0 Å². The highest BCUT2D eigenvalue weighted by Gasteiger charge is 2.26. The van der Waals surface area contributed by atoms with Gasteiger partial charge in [0.05, 0.1) is 25.1 Å². The van der Waals surface area contributed by atoms with Gasteiger partial charge in [-0.15, -0.1) is 11.3 Å². The van der Waals surface area contributed by atoms with Crippen molar-refractivity contribution in [3.05, 3.63) is 22.4 Å². The fraction of sp³-hybridized carbons (Fsp3) is 0.636. The van der Waals surface area contributed by atoms with Gasteiger partial charge in [-0.2, -0.15) is 0 Å². The molecule has 0 aromatic carbocycles. The van der Waals surface area contributed by atoms with E-state index in [2.05, 4.69) is 51.2 Å². The third kappa shape index (κ3) is 4.40. The largest absolute Gasteiger partial charge is 0.327 e. The summed E-state index contributed by atoms with van der Waals surface area (Å²) in [5.41, 5.74) is 0. The zero-order valence-corrected chi connectivity index (χ0v) is 11.8. The number of nitrogens with zero attached hydrogens (tertiary/aromatic N) is 1. The highest BCUT2D eigenvalue weighted by molar-refractivity contribution is 7.09. The summed E-state index contributed by atoms with van der Waals surface area (Å²) in [5, 5.41) is 2.17. The fourth-order valence-corrected chi connectivity index (χ4v) is 5.76. The summed E-state index contributed by atoms with van der Waals surface area (Å²) < 4.78 is 1.14. The van der Waals surface area contributed by atoms with Gasteiger partial charge in [0.15, 0.2) is 0 Å². The van der Waals surface area contributed by atoms with Crippen LogP contribution in [0, 0.1) is 0 Å². The second-order valence-electron chi connectivity index (χ2n) is 5.89. The minimum atomic E-state index is -0.949. The molecule has 0 fully saturated rings. The van der Waals surface area contributed by atoms with E-state index in [1.54, 1.807) is 0 Å². The van der Waals surface area contributed by atoms with Crippen molar-refractivity contribution in [1.82, 2.24) is 0 Å². The maximum atomic E-state index is 2.45. The van der Waals surface area contributed by atoms with Crippen molar-refractivity contribution >= 4 is 19.4 Å². The third-order valence-electron chi connectivity index (χ3n) is 2.07. The molecule has 0 atom stereocenters. The first kappa shape index (κ1) is 11.9. The smallest absolute Gasteiger partial charge is 0.113 e. The first-order valence-corrected chi connectivity index (χ1v) is 9.72. The van der Waals surface area contributed by atoms with Crippen molar-refractivity contribution in [1.29, 1.82) is 0 Å². The van der Waals surface area contributed by atoms with E-state index in [0.29, 0.717) is 0 Å². The van der Waals surface area contributed by atoms with Crippen LogP contribution < -0.4 is 0 Å². The number of rotatable bonds is 4. The quantitative estimate of drug-likeness (QED) is 0.548. The summed E-state index contributed by atoms with van der Waals surface area (Å²) in [6.45, 7) is 8.52. The van der Waals surface area contributed by atoms with Crippen LogP contribution in [0.1, 0.15) is 4.88 Å². The Kier molecular flexibility index (Phi) is 3.56. The average Bonchev–Trinajstić information content (AvgIpc) is 2.31. The maximum Gasteiger partial charge on any atom is 0.113 e. The molecular formula is C11H22NSSi+. The third-order valence-corrected chi connectivity index (χ3v) is 4.73. The van der Waals surface area contributed by atoms with Gasteiger partial charge < -0.3 is 4.48 Å². The van der Waals surface area contributed by atoms with Crippen molar-refractivity contribution in [3.63, 3.8) is 0 Å². The molecular weight excluding hydrogens is 206 g/mol. The summed E-state index contributed by atoms with van der Waals surface area (Å²) >= 11 is 1.88. The zero-order chi connectivity index (χ0) is 10.8. The van der Waals surface area contributed by atoms with Gasteiger partial charge in [0, 0.05) is 0 Å². The summed E-state index contributed by atoms with van der Waals surface area (Å²) in [6.07, 6.45) is 1.35. The number of hydrogen-bond acceptors (Lipinski definition) is 1. The van der Waals surface area contributed by atoms with Crippen molar-refractivity contribution in [3.8, 4) is 0 Å². The molecule has 0 radical (unpaired) electrons. The van der Waals surface area contributed by atoms with Crippen LogP contribution in [-0.2, 0) is 6.54 Å². The highest BCUT2D eigenvalue weighted by atomic mass is 32.1. The molecule has 14 heavy (non-hydrogen) atoms. The molecule has 0 saturated heterocycles. The van der Waals surface area contributed by atoms with Crippen LogP contribution in [0.2, 0.25) is 19.6 Å². The minimum Gasteiger partial charge on any atom is -0.327 e. The van der Waals surface area contributed by atoms with Crippen molar-refractivity contribution in [2.75, 3.05) is 20.3 Å². The van der Waals surface area contributed by atoms with Gasteiger partial charge in [-0.05, 0) is 11.4 Å². The molecule has 0 aliphatic carbocycles. The van der Waals surface area contributed by atoms with E-state index >= 15 is 0 Å². The van der Waals surface area contributed by atoms with Gasteiger partial charge in [-0.3, -0.25) is 0 Å². The predicted octanol–water partition coefficient (Wildman–Crippen LogP) is 3.20. The highest BCUT2D eigenvalue weighted by Crippen LogP contribution is 2.17. The normalized spacial score (nSPS) is 13.2. The molecule has 0 bridgehead atoms. The van der Waals surface area contributed by atoms with Crippen LogP contribution >= 0.6 is 11.3 Å². The molecule has 3 heteroatoms. The van der Waals surface area contributed by atoms with E-state index in [0.717, 1.165) is 4.48 Å². The summed E-state index contributed by atoms with van der Waals surface area (Å²) in [4.78, 5) is 1.51. The summed E-state index contributed by atoms with van der Waals surface area (Å²) in [5.74, 6) is 0. The first-order valence-electron chi connectivity index (χ1n) is 5.13. The molecule has 1 nitrogen and oxygen atoms in total. The van der Waals surface area contributed by atoms with E-state index in [-0.39, 0.29) is 0 Å². The summed E-state index contributed by atoms with van der Waals surface area (Å²) in [7, 11) is 3.74. The summed E-state index contributed by atoms with van der Waals surface area (Å²) in [6, 6.07) is 4.39. The van der Waals surface area contributed by atoms with Gasteiger partial charge in [-0.25, -0.2) is 0 Å². The van der Waals surface area contributed by atoms with E-state index in [1.165, 1.54) is 17.6 Å². The Morgan fingerprint density at radius 2 is 1.93 bits per heavy atom. The Bertz CT molecular complexity index is 272. The Hall–Kier alpha value is -0.123. The van der Waals surface area contributed by atoms with E-state index in [4.69, 9.17) is 0 Å². The topological polar surface area (TPSA) is 0 Å². The lowest BCUT2D eigenvalue weighted by molar-refractivity contribution is -0.893.